The number of hydrogen-bond acceptors (Lipinski definition) is 5. The molecule has 0 radical (unpaired) electrons. The van der Waals surface area contributed by atoms with Crippen molar-refractivity contribution in [3.63, 3.8) is 0 Å². The Morgan fingerprint density at radius 2 is 1.82 bits per heavy atom. The summed E-state index contributed by atoms with van der Waals surface area (Å²) < 4.78 is 9.03. The van der Waals surface area contributed by atoms with Gasteiger partial charge in [0.05, 0.1) is 26.4 Å². The largest absolute Gasteiger partial charge is 1.00 e. The maximum Gasteiger partial charge on any atom is 1.00 e. The molecule has 7 heteroatoms. The zero-order valence-corrected chi connectivity index (χ0v) is 8.56. The summed E-state index contributed by atoms with van der Waals surface area (Å²) >= 11 is 0. The van der Waals surface area contributed by atoms with Gasteiger partial charge in [-0.1, -0.05) is 0 Å². The first-order valence-corrected chi connectivity index (χ1v) is 2.93. The van der Waals surface area contributed by atoms with Crippen molar-refractivity contribution in [2.24, 2.45) is 0 Å². The Hall–Kier alpha value is 0.865. The Bertz CT molecular complexity index is 78.5. The Kier molecular flexibility index (Phi) is 14.2. The third kappa shape index (κ3) is 13.8. The van der Waals surface area contributed by atoms with Crippen molar-refractivity contribution in [1.29, 1.82) is 0 Å². The molecule has 0 unspecified atom stereocenters. The van der Waals surface area contributed by atoms with Crippen LogP contribution in [0.25, 0.3) is 0 Å². The zero-order chi connectivity index (χ0) is 7.82. The van der Waals surface area contributed by atoms with Crippen LogP contribution in [0.15, 0.2) is 0 Å². The van der Waals surface area contributed by atoms with Crippen LogP contribution in [-0.4, -0.2) is 48.9 Å². The Balaban J connectivity index is -0.000000405. The van der Waals surface area contributed by atoms with Crippen molar-refractivity contribution >= 4 is 7.32 Å². The van der Waals surface area contributed by atoms with E-state index in [-0.39, 0.29) is 57.4 Å². The van der Waals surface area contributed by atoms with E-state index in [0.29, 0.717) is 0 Å². The molecule has 5 nitrogen and oxygen atoms in total. The minimum absolute atomic E-state index is 0. The minimum atomic E-state index is -1.74. The van der Waals surface area contributed by atoms with Gasteiger partial charge in [0.25, 0.3) is 0 Å². The molecule has 62 valence electrons. The van der Waals surface area contributed by atoms with Crippen LogP contribution < -0.4 is 29.6 Å². The summed E-state index contributed by atoms with van der Waals surface area (Å²) in [5, 5.41) is 24.5. The van der Waals surface area contributed by atoms with Gasteiger partial charge in [-0.3, -0.25) is 0 Å². The first kappa shape index (κ1) is 14.4. The van der Waals surface area contributed by atoms with Gasteiger partial charge in [-0.15, -0.1) is 0 Å². The quantitative estimate of drug-likeness (QED) is 0.278. The molecular weight excluding hydrogens is 162 g/mol. The van der Waals surface area contributed by atoms with Crippen LogP contribution in [0.5, 0.6) is 0 Å². The predicted molar refractivity (Wildman–Crippen MR) is 35.2 cm³/mol. The average molecular weight is 174 g/mol. The second kappa shape index (κ2) is 10.9. The van der Waals surface area contributed by atoms with Crippen LogP contribution in [-0.2, 0) is 9.39 Å². The normalized spacial score (nSPS) is 9.00. The molecule has 0 saturated heterocycles. The number of hydrogen-bond donors (Lipinski definition) is 3. The number of rotatable bonds is 6. The molecule has 11 heavy (non-hydrogen) atoms. The van der Waals surface area contributed by atoms with E-state index in [1.165, 1.54) is 0 Å². The van der Waals surface area contributed by atoms with E-state index < -0.39 is 7.32 Å². The van der Waals surface area contributed by atoms with Crippen LogP contribution in [0.2, 0.25) is 0 Å². The fourth-order valence-electron chi connectivity index (χ4n) is 0.379. The molecule has 0 aromatic rings. The minimum Gasteiger partial charge on any atom is -1.00 e. The maximum atomic E-state index is 8.21. The van der Waals surface area contributed by atoms with Crippen molar-refractivity contribution in [1.82, 2.24) is 0 Å². The molecule has 0 aromatic heterocycles. The Labute approximate surface area is 89.3 Å². The summed E-state index contributed by atoms with van der Waals surface area (Å²) in [6.45, 7) is 0.558. The number of ether oxygens (including phenoxy) is 1. The average Bonchev–Trinajstić information content (AvgIpc) is 1.87. The van der Waals surface area contributed by atoms with Gasteiger partial charge < -0.3 is 26.0 Å². The molecule has 0 fully saturated rings. The van der Waals surface area contributed by atoms with Crippen molar-refractivity contribution < 1.29 is 55.5 Å². The van der Waals surface area contributed by atoms with Gasteiger partial charge in [-0.2, -0.15) is 0 Å². The summed E-state index contributed by atoms with van der Waals surface area (Å²) in [6, 6.07) is 0. The second-order valence-electron chi connectivity index (χ2n) is 1.53. The van der Waals surface area contributed by atoms with Gasteiger partial charge in [0.1, 0.15) is 0 Å². The van der Waals surface area contributed by atoms with Crippen LogP contribution in [0.1, 0.15) is 1.43 Å². The fourth-order valence-corrected chi connectivity index (χ4v) is 0.379. The van der Waals surface area contributed by atoms with Crippen LogP contribution in [0.3, 0.4) is 0 Å². The first-order chi connectivity index (χ1) is 4.77. The van der Waals surface area contributed by atoms with E-state index in [0.717, 1.165) is 0 Å². The summed E-state index contributed by atoms with van der Waals surface area (Å²) in [6.07, 6.45) is 0. The second-order valence-corrected chi connectivity index (χ2v) is 1.53. The molecule has 0 aliphatic heterocycles. The third-order valence-electron chi connectivity index (χ3n) is 0.730. The predicted octanol–water partition coefficient (Wildman–Crippen LogP) is -4.90. The molecule has 0 rings (SSSR count). The first-order valence-electron chi connectivity index (χ1n) is 2.93. The van der Waals surface area contributed by atoms with E-state index in [1.807, 2.05) is 0 Å². The van der Waals surface area contributed by atoms with E-state index in [9.17, 15) is 0 Å². The van der Waals surface area contributed by atoms with E-state index in [2.05, 4.69) is 4.65 Å². The summed E-state index contributed by atoms with van der Waals surface area (Å²) in [5.74, 6) is 0. The van der Waals surface area contributed by atoms with Crippen molar-refractivity contribution in [2.45, 2.75) is 0 Å². The van der Waals surface area contributed by atoms with Crippen molar-refractivity contribution in [3.8, 4) is 0 Å². The van der Waals surface area contributed by atoms with Gasteiger partial charge in [0.2, 0.25) is 0 Å². The molecule has 0 bridgehead atoms. The molecule has 3 N–H and O–H groups in total. The van der Waals surface area contributed by atoms with Crippen molar-refractivity contribution in [2.75, 3.05) is 26.4 Å². The molecular formula is C4H12BNaO5. The molecule has 0 saturated carbocycles. The van der Waals surface area contributed by atoms with E-state index >= 15 is 0 Å². The van der Waals surface area contributed by atoms with Crippen molar-refractivity contribution in [3.05, 3.63) is 0 Å². The molecule has 0 aromatic carbocycles. The fraction of sp³-hybridized carbons (Fsp3) is 1.00. The molecule has 0 spiro atoms. The van der Waals surface area contributed by atoms with Gasteiger partial charge in [0, 0.05) is 0 Å². The summed E-state index contributed by atoms with van der Waals surface area (Å²) in [7, 11) is -1.74. The Morgan fingerprint density at radius 3 is 2.27 bits per heavy atom. The molecule has 0 atom stereocenters. The van der Waals surface area contributed by atoms with Crippen LogP contribution in [0, 0.1) is 0 Å². The van der Waals surface area contributed by atoms with Gasteiger partial charge in [0.15, 0.2) is 0 Å². The maximum absolute atomic E-state index is 8.21. The topological polar surface area (TPSA) is 79.2 Å². The zero-order valence-electron chi connectivity index (χ0n) is 7.56. The Morgan fingerprint density at radius 1 is 1.18 bits per heavy atom. The standard InChI is InChI=1S/C4H11BO5.Na.H/c6-1-2-9-3-4-10-5(7)8;;/h6-8H,1-4H2;;/q;+1;-1. The SMILES string of the molecule is OCCOCCOB(O)O.[H-].[Na+]. The summed E-state index contributed by atoms with van der Waals surface area (Å²) in [5.41, 5.74) is 0. The summed E-state index contributed by atoms with van der Waals surface area (Å²) in [4.78, 5) is 0. The van der Waals surface area contributed by atoms with Gasteiger partial charge in [-0.05, 0) is 0 Å². The number of aliphatic hydroxyl groups is 1. The monoisotopic (exact) mass is 174 g/mol. The molecule has 0 aliphatic rings. The van der Waals surface area contributed by atoms with Crippen LogP contribution in [0.4, 0.5) is 0 Å². The van der Waals surface area contributed by atoms with Gasteiger partial charge >= 0.3 is 36.9 Å². The van der Waals surface area contributed by atoms with Crippen LogP contribution >= 0.6 is 0 Å². The smallest absolute Gasteiger partial charge is 1.00 e. The molecule has 0 amide bonds. The van der Waals surface area contributed by atoms with Gasteiger partial charge in [-0.25, -0.2) is 0 Å². The molecule has 0 heterocycles. The molecule has 0 aliphatic carbocycles. The van der Waals surface area contributed by atoms with E-state index in [1.54, 1.807) is 0 Å². The number of aliphatic hydroxyl groups excluding tert-OH is 1. The van der Waals surface area contributed by atoms with E-state index in [4.69, 9.17) is 19.9 Å². The third-order valence-corrected chi connectivity index (χ3v) is 0.730.